The van der Waals surface area contributed by atoms with E-state index >= 15 is 0 Å². The Hall–Kier alpha value is -1.40. The van der Waals surface area contributed by atoms with Crippen molar-refractivity contribution in [3.8, 4) is 0 Å². The Balaban J connectivity index is 1.92. The van der Waals surface area contributed by atoms with Crippen LogP contribution in [0.15, 0.2) is 24.3 Å². The summed E-state index contributed by atoms with van der Waals surface area (Å²) < 4.78 is 25.9. The van der Waals surface area contributed by atoms with Crippen LogP contribution in [-0.2, 0) is 16.4 Å². The normalized spacial score (nSPS) is 12.4. The molecule has 0 spiro atoms. The fourth-order valence-electron chi connectivity index (χ4n) is 1.95. The Morgan fingerprint density at radius 2 is 2.05 bits per heavy atom. The number of nitrogens with zero attached hydrogens (tertiary/aromatic N) is 1. The minimum atomic E-state index is -3.17. The van der Waals surface area contributed by atoms with E-state index in [9.17, 15) is 8.42 Å². The highest BCUT2D eigenvalue weighted by atomic mass is 32.2. The third kappa shape index (κ3) is 4.04. The molecule has 0 radical (unpaired) electrons. The van der Waals surface area contributed by atoms with Crippen molar-refractivity contribution in [1.82, 2.24) is 14.7 Å². The topological polar surface area (TPSA) is 74.8 Å². The summed E-state index contributed by atoms with van der Waals surface area (Å²) in [6.07, 6.45) is 0.562. The van der Waals surface area contributed by atoms with Crippen molar-refractivity contribution in [2.75, 3.05) is 12.3 Å². The molecule has 1 aromatic carbocycles. The number of hydrogen-bond donors (Lipinski definition) is 2. The van der Waals surface area contributed by atoms with Crippen molar-refractivity contribution in [2.24, 2.45) is 5.92 Å². The Bertz CT molecular complexity index is 614. The highest BCUT2D eigenvalue weighted by Crippen LogP contribution is 2.10. The van der Waals surface area contributed by atoms with E-state index in [0.717, 1.165) is 16.9 Å². The van der Waals surface area contributed by atoms with Crippen LogP contribution in [0, 0.1) is 5.92 Å². The van der Waals surface area contributed by atoms with Gasteiger partial charge in [0.15, 0.2) is 0 Å². The van der Waals surface area contributed by atoms with E-state index in [2.05, 4.69) is 14.7 Å². The monoisotopic (exact) mass is 281 g/mol. The smallest absolute Gasteiger partial charge is 0.211 e. The molecule has 0 aliphatic heterocycles. The number of sulfonamides is 1. The molecular weight excluding hydrogens is 262 g/mol. The van der Waals surface area contributed by atoms with Crippen molar-refractivity contribution < 1.29 is 8.42 Å². The summed E-state index contributed by atoms with van der Waals surface area (Å²) in [5.74, 6) is 1.09. The third-order valence-electron chi connectivity index (χ3n) is 2.67. The average Bonchev–Trinajstić information content (AvgIpc) is 2.69. The van der Waals surface area contributed by atoms with Crippen LogP contribution in [0.5, 0.6) is 0 Å². The predicted molar refractivity (Wildman–Crippen MR) is 76.4 cm³/mol. The predicted octanol–water partition coefficient (Wildman–Crippen LogP) is 1.68. The van der Waals surface area contributed by atoms with Gasteiger partial charge in [0.2, 0.25) is 10.0 Å². The van der Waals surface area contributed by atoms with Gasteiger partial charge in [-0.1, -0.05) is 26.0 Å². The van der Waals surface area contributed by atoms with Gasteiger partial charge in [0.25, 0.3) is 0 Å². The molecule has 1 aromatic heterocycles. The SMILES string of the molecule is CC(C)CS(=O)(=O)NCCc1nc2ccccc2[nH]1. The van der Waals surface area contributed by atoms with Crippen molar-refractivity contribution in [3.63, 3.8) is 0 Å². The maximum absolute atomic E-state index is 11.7. The van der Waals surface area contributed by atoms with Crippen LogP contribution in [0.3, 0.4) is 0 Å². The molecule has 0 fully saturated rings. The first kappa shape index (κ1) is 14.0. The van der Waals surface area contributed by atoms with Gasteiger partial charge in [0.1, 0.15) is 5.82 Å². The first-order chi connectivity index (χ1) is 8.96. The quantitative estimate of drug-likeness (QED) is 0.846. The molecule has 1 heterocycles. The third-order valence-corrected chi connectivity index (χ3v) is 4.42. The fourth-order valence-corrected chi connectivity index (χ4v) is 3.36. The lowest BCUT2D eigenvalue weighted by Crippen LogP contribution is -2.30. The van der Waals surface area contributed by atoms with Gasteiger partial charge in [0.05, 0.1) is 16.8 Å². The maximum Gasteiger partial charge on any atom is 0.211 e. The summed E-state index contributed by atoms with van der Waals surface area (Å²) in [6, 6.07) is 7.75. The zero-order chi connectivity index (χ0) is 13.9. The molecule has 104 valence electrons. The van der Waals surface area contributed by atoms with E-state index in [1.54, 1.807) is 0 Å². The standard InChI is InChI=1S/C13H19N3O2S/c1-10(2)9-19(17,18)14-8-7-13-15-11-5-3-4-6-12(11)16-13/h3-6,10,14H,7-9H2,1-2H3,(H,15,16). The molecule has 0 bridgehead atoms. The number of benzene rings is 1. The van der Waals surface area contributed by atoms with E-state index in [1.165, 1.54) is 0 Å². The average molecular weight is 281 g/mol. The van der Waals surface area contributed by atoms with E-state index in [0.29, 0.717) is 13.0 Å². The highest BCUT2D eigenvalue weighted by Gasteiger charge is 2.12. The van der Waals surface area contributed by atoms with Gasteiger partial charge < -0.3 is 4.98 Å². The van der Waals surface area contributed by atoms with Gasteiger partial charge in [-0.25, -0.2) is 18.1 Å². The largest absolute Gasteiger partial charge is 0.342 e. The molecular formula is C13H19N3O2S. The molecule has 6 heteroatoms. The van der Waals surface area contributed by atoms with Crippen LogP contribution in [0.4, 0.5) is 0 Å². The molecule has 2 N–H and O–H groups in total. The lowest BCUT2D eigenvalue weighted by molar-refractivity contribution is 0.567. The van der Waals surface area contributed by atoms with Crippen LogP contribution in [0.2, 0.25) is 0 Å². The highest BCUT2D eigenvalue weighted by molar-refractivity contribution is 7.89. The number of nitrogens with one attached hydrogen (secondary N) is 2. The summed E-state index contributed by atoms with van der Waals surface area (Å²) in [4.78, 5) is 7.58. The molecule has 0 saturated carbocycles. The van der Waals surface area contributed by atoms with Crippen LogP contribution in [0.1, 0.15) is 19.7 Å². The Morgan fingerprint density at radius 1 is 1.32 bits per heavy atom. The van der Waals surface area contributed by atoms with Gasteiger partial charge in [-0.05, 0) is 18.1 Å². The maximum atomic E-state index is 11.7. The molecule has 0 atom stereocenters. The molecule has 2 aromatic rings. The second-order valence-electron chi connectivity index (χ2n) is 5.02. The van der Waals surface area contributed by atoms with Crippen molar-refractivity contribution in [1.29, 1.82) is 0 Å². The Labute approximate surface area is 113 Å². The number of fused-ring (bicyclic) bond motifs is 1. The van der Waals surface area contributed by atoms with E-state index in [4.69, 9.17) is 0 Å². The summed E-state index contributed by atoms with van der Waals surface area (Å²) in [5, 5.41) is 0. The first-order valence-electron chi connectivity index (χ1n) is 6.37. The first-order valence-corrected chi connectivity index (χ1v) is 8.02. The van der Waals surface area contributed by atoms with Crippen molar-refractivity contribution >= 4 is 21.1 Å². The molecule has 0 unspecified atom stereocenters. The lowest BCUT2D eigenvalue weighted by Gasteiger charge is -2.07. The second kappa shape index (κ2) is 5.71. The zero-order valence-electron chi connectivity index (χ0n) is 11.2. The van der Waals surface area contributed by atoms with Crippen molar-refractivity contribution in [3.05, 3.63) is 30.1 Å². The van der Waals surface area contributed by atoms with Crippen LogP contribution in [-0.4, -0.2) is 30.7 Å². The molecule has 5 nitrogen and oxygen atoms in total. The second-order valence-corrected chi connectivity index (χ2v) is 6.87. The van der Waals surface area contributed by atoms with Gasteiger partial charge in [-0.15, -0.1) is 0 Å². The number of aromatic amines is 1. The number of imidazole rings is 1. The summed E-state index contributed by atoms with van der Waals surface area (Å²) in [6.45, 7) is 4.14. The minimum absolute atomic E-state index is 0.128. The summed E-state index contributed by atoms with van der Waals surface area (Å²) in [7, 11) is -3.17. The van der Waals surface area contributed by atoms with E-state index in [-0.39, 0.29) is 11.7 Å². The number of H-pyrrole nitrogens is 1. The molecule has 0 saturated heterocycles. The number of rotatable bonds is 6. The molecule has 2 rings (SSSR count). The molecule has 0 aliphatic carbocycles. The fraction of sp³-hybridized carbons (Fsp3) is 0.462. The summed E-state index contributed by atoms with van der Waals surface area (Å²) >= 11 is 0. The van der Waals surface area contributed by atoms with Crippen LogP contribution < -0.4 is 4.72 Å². The van der Waals surface area contributed by atoms with Gasteiger partial charge >= 0.3 is 0 Å². The number of aromatic nitrogens is 2. The Morgan fingerprint density at radius 3 is 2.74 bits per heavy atom. The zero-order valence-corrected chi connectivity index (χ0v) is 12.0. The molecule has 19 heavy (non-hydrogen) atoms. The van der Waals surface area contributed by atoms with Crippen LogP contribution in [0.25, 0.3) is 11.0 Å². The Kier molecular flexibility index (Phi) is 4.21. The van der Waals surface area contributed by atoms with Gasteiger partial charge in [-0.2, -0.15) is 0 Å². The van der Waals surface area contributed by atoms with Gasteiger partial charge in [0, 0.05) is 13.0 Å². The molecule has 0 aliphatic rings. The van der Waals surface area contributed by atoms with E-state index in [1.807, 2.05) is 38.1 Å². The summed E-state index contributed by atoms with van der Waals surface area (Å²) in [5.41, 5.74) is 1.88. The molecule has 0 amide bonds. The number of hydrogen-bond acceptors (Lipinski definition) is 3. The van der Waals surface area contributed by atoms with Gasteiger partial charge in [-0.3, -0.25) is 0 Å². The van der Waals surface area contributed by atoms with Crippen molar-refractivity contribution in [2.45, 2.75) is 20.3 Å². The van der Waals surface area contributed by atoms with Crippen LogP contribution >= 0.6 is 0 Å². The minimum Gasteiger partial charge on any atom is -0.342 e. The van der Waals surface area contributed by atoms with E-state index < -0.39 is 10.0 Å². The lowest BCUT2D eigenvalue weighted by atomic mass is 10.3. The number of para-hydroxylation sites is 2.